The van der Waals surface area contributed by atoms with Crippen LogP contribution < -0.4 is 9.46 Å². The molecule has 1 atom stereocenters. The van der Waals surface area contributed by atoms with Crippen LogP contribution >= 0.6 is 0 Å². The van der Waals surface area contributed by atoms with Crippen LogP contribution in [0.5, 0.6) is 5.75 Å². The van der Waals surface area contributed by atoms with Gasteiger partial charge in [-0.15, -0.1) is 5.92 Å². The minimum atomic E-state index is -4.04. The van der Waals surface area contributed by atoms with Crippen molar-refractivity contribution in [1.82, 2.24) is 9.71 Å². The molecule has 0 unspecified atom stereocenters. The lowest BCUT2D eigenvalue weighted by atomic mass is 10.0. The predicted octanol–water partition coefficient (Wildman–Crippen LogP) is 2.85. The Bertz CT molecular complexity index is 1220. The van der Waals surface area contributed by atoms with Gasteiger partial charge in [0, 0.05) is 23.0 Å². The van der Waals surface area contributed by atoms with Gasteiger partial charge in [0.25, 0.3) is 0 Å². The number of carboxylic acids is 1. The first-order valence-electron chi connectivity index (χ1n) is 9.25. The quantitative estimate of drug-likeness (QED) is 0.480. The fourth-order valence-electron chi connectivity index (χ4n) is 3.14. The van der Waals surface area contributed by atoms with Crippen LogP contribution in [0.4, 0.5) is 0 Å². The zero-order chi connectivity index (χ0) is 21.7. The lowest BCUT2D eigenvalue weighted by Crippen LogP contribution is -2.42. The summed E-state index contributed by atoms with van der Waals surface area (Å²) in [5, 5.41) is 10.5. The maximum Gasteiger partial charge on any atom is 0.322 e. The van der Waals surface area contributed by atoms with Crippen LogP contribution in [-0.4, -0.2) is 37.1 Å². The number of sulfonamides is 1. The minimum absolute atomic E-state index is 0.0152. The second-order valence-electron chi connectivity index (χ2n) is 6.68. The zero-order valence-electron chi connectivity index (χ0n) is 16.6. The van der Waals surface area contributed by atoms with Gasteiger partial charge in [0.1, 0.15) is 18.4 Å². The van der Waals surface area contributed by atoms with Gasteiger partial charge in [-0.25, -0.2) is 8.42 Å². The van der Waals surface area contributed by atoms with Crippen LogP contribution in [0, 0.1) is 18.8 Å². The number of nitrogens with one attached hydrogen (secondary N) is 2. The Morgan fingerprint density at radius 3 is 2.57 bits per heavy atom. The molecule has 1 heterocycles. The van der Waals surface area contributed by atoms with E-state index in [-0.39, 0.29) is 17.9 Å². The van der Waals surface area contributed by atoms with Crippen LogP contribution in [0.3, 0.4) is 0 Å². The largest absolute Gasteiger partial charge is 0.481 e. The molecule has 0 bridgehead atoms. The number of ether oxygens (including phenoxy) is 1. The number of aromatic nitrogens is 1. The fourth-order valence-corrected chi connectivity index (χ4v) is 4.33. The maximum absolute atomic E-state index is 12.8. The van der Waals surface area contributed by atoms with Crippen molar-refractivity contribution in [1.29, 1.82) is 0 Å². The molecule has 3 rings (SSSR count). The molecular formula is C22H22N2O5S. The number of aliphatic carboxylic acids is 1. The Morgan fingerprint density at radius 1 is 1.20 bits per heavy atom. The van der Waals surface area contributed by atoms with Crippen molar-refractivity contribution in [2.45, 2.75) is 31.2 Å². The molecule has 0 spiro atoms. The van der Waals surface area contributed by atoms with Crippen molar-refractivity contribution in [3.05, 3.63) is 59.8 Å². The van der Waals surface area contributed by atoms with E-state index in [2.05, 4.69) is 21.5 Å². The van der Waals surface area contributed by atoms with E-state index >= 15 is 0 Å². The van der Waals surface area contributed by atoms with E-state index in [0.29, 0.717) is 5.75 Å². The normalized spacial score (nSPS) is 12.2. The van der Waals surface area contributed by atoms with Crippen LogP contribution in [0.15, 0.2) is 53.4 Å². The SMILES string of the molecule is CC#CCOc1ccc(S(=O)(=O)N[C@@H](Cc2c(C)[nH]c3ccccc23)C(=O)O)cc1. The lowest BCUT2D eigenvalue weighted by molar-refractivity contribution is -0.138. The number of aromatic amines is 1. The minimum Gasteiger partial charge on any atom is -0.481 e. The van der Waals surface area contributed by atoms with Crippen LogP contribution in [0.1, 0.15) is 18.2 Å². The monoisotopic (exact) mass is 426 g/mol. The van der Waals surface area contributed by atoms with Gasteiger partial charge in [0.05, 0.1) is 4.90 Å². The van der Waals surface area contributed by atoms with E-state index in [1.54, 1.807) is 6.92 Å². The van der Waals surface area contributed by atoms with Gasteiger partial charge in [-0.1, -0.05) is 24.1 Å². The summed E-state index contributed by atoms with van der Waals surface area (Å²) in [5.41, 5.74) is 2.44. The van der Waals surface area contributed by atoms with Crippen LogP contribution in [0.25, 0.3) is 10.9 Å². The van der Waals surface area contributed by atoms with Gasteiger partial charge in [-0.2, -0.15) is 4.72 Å². The van der Waals surface area contributed by atoms with Gasteiger partial charge in [0.2, 0.25) is 10.0 Å². The Kier molecular flexibility index (Phi) is 6.45. The molecule has 0 aliphatic heterocycles. The third-order valence-corrected chi connectivity index (χ3v) is 6.14. The topological polar surface area (TPSA) is 108 Å². The Morgan fingerprint density at radius 2 is 1.90 bits per heavy atom. The molecule has 0 saturated carbocycles. The number of fused-ring (bicyclic) bond motifs is 1. The number of carboxylic acid groups (broad SMARTS) is 1. The summed E-state index contributed by atoms with van der Waals surface area (Å²) in [6, 6.07) is 11.9. The summed E-state index contributed by atoms with van der Waals surface area (Å²) in [7, 11) is -4.04. The molecule has 3 aromatic rings. The first kappa shape index (κ1) is 21.4. The molecule has 0 aliphatic rings. The molecule has 30 heavy (non-hydrogen) atoms. The van der Waals surface area contributed by atoms with Gasteiger partial charge in [-0.05, 0) is 49.7 Å². The van der Waals surface area contributed by atoms with Crippen molar-refractivity contribution in [3.63, 3.8) is 0 Å². The third kappa shape index (κ3) is 4.82. The van der Waals surface area contributed by atoms with Gasteiger partial charge in [0.15, 0.2) is 0 Å². The molecule has 0 radical (unpaired) electrons. The van der Waals surface area contributed by atoms with E-state index in [0.717, 1.165) is 22.2 Å². The molecule has 2 aromatic carbocycles. The van der Waals surface area contributed by atoms with Crippen molar-refractivity contribution in [2.75, 3.05) is 6.61 Å². The summed E-state index contributed by atoms with van der Waals surface area (Å²) < 4.78 is 33.2. The number of benzene rings is 2. The van der Waals surface area contributed by atoms with Gasteiger partial charge >= 0.3 is 5.97 Å². The number of hydrogen-bond donors (Lipinski definition) is 3. The number of aryl methyl sites for hydroxylation is 1. The highest BCUT2D eigenvalue weighted by Crippen LogP contribution is 2.24. The smallest absolute Gasteiger partial charge is 0.322 e. The second kappa shape index (κ2) is 9.03. The van der Waals surface area contributed by atoms with Crippen molar-refractivity contribution >= 4 is 26.9 Å². The molecule has 7 nitrogen and oxygen atoms in total. The number of H-pyrrole nitrogens is 1. The summed E-state index contributed by atoms with van der Waals surface area (Å²) in [6.45, 7) is 3.73. The molecule has 8 heteroatoms. The molecule has 0 aliphatic carbocycles. The highest BCUT2D eigenvalue weighted by molar-refractivity contribution is 7.89. The summed E-state index contributed by atoms with van der Waals surface area (Å²) in [6.07, 6.45) is 0.0152. The highest BCUT2D eigenvalue weighted by atomic mass is 32.2. The van der Waals surface area contributed by atoms with Crippen molar-refractivity contribution in [2.24, 2.45) is 0 Å². The lowest BCUT2D eigenvalue weighted by Gasteiger charge is -2.15. The first-order chi connectivity index (χ1) is 14.3. The molecule has 0 fully saturated rings. The molecule has 1 aromatic heterocycles. The average Bonchev–Trinajstić information content (AvgIpc) is 3.03. The fraction of sp³-hybridized carbons (Fsp3) is 0.227. The standard InChI is InChI=1S/C22H22N2O5S/c1-3-4-13-29-16-9-11-17(12-10-16)30(27,28)24-21(22(25)26)14-19-15(2)23-20-8-6-5-7-18(19)20/h5-12,21,23-24H,13-14H2,1-2H3,(H,25,26)/t21-/m0/s1. The summed E-state index contributed by atoms with van der Waals surface area (Å²) in [5.74, 6) is 4.67. The van der Waals surface area contributed by atoms with E-state index in [4.69, 9.17) is 4.74 Å². The van der Waals surface area contributed by atoms with Crippen LogP contribution in [0.2, 0.25) is 0 Å². The van der Waals surface area contributed by atoms with Gasteiger partial charge in [-0.3, -0.25) is 4.79 Å². The van der Waals surface area contributed by atoms with Crippen molar-refractivity contribution in [3.8, 4) is 17.6 Å². The maximum atomic E-state index is 12.8. The predicted molar refractivity (Wildman–Crippen MR) is 114 cm³/mol. The molecule has 3 N–H and O–H groups in total. The second-order valence-corrected chi connectivity index (χ2v) is 8.39. The summed E-state index contributed by atoms with van der Waals surface area (Å²) in [4.78, 5) is 15.0. The molecular weight excluding hydrogens is 404 g/mol. The number of hydrogen-bond acceptors (Lipinski definition) is 4. The van der Waals surface area contributed by atoms with Crippen LogP contribution in [-0.2, 0) is 21.2 Å². The number of rotatable bonds is 8. The zero-order valence-corrected chi connectivity index (χ0v) is 17.4. The Balaban J connectivity index is 1.80. The van der Waals surface area contributed by atoms with E-state index < -0.39 is 22.0 Å². The Hall–Kier alpha value is -3.28. The van der Waals surface area contributed by atoms with Crippen molar-refractivity contribution < 1.29 is 23.1 Å². The first-order valence-corrected chi connectivity index (χ1v) is 10.7. The highest BCUT2D eigenvalue weighted by Gasteiger charge is 2.27. The van der Waals surface area contributed by atoms with Gasteiger partial charge < -0.3 is 14.8 Å². The third-order valence-electron chi connectivity index (χ3n) is 4.65. The Labute approximate surface area is 175 Å². The number of carbonyl (C=O) groups is 1. The number of para-hydroxylation sites is 1. The van der Waals surface area contributed by atoms with E-state index in [1.165, 1.54) is 24.3 Å². The van der Waals surface area contributed by atoms with E-state index in [9.17, 15) is 18.3 Å². The molecule has 0 saturated heterocycles. The van der Waals surface area contributed by atoms with E-state index in [1.807, 2.05) is 31.2 Å². The molecule has 156 valence electrons. The average molecular weight is 426 g/mol. The molecule has 0 amide bonds. The summed E-state index contributed by atoms with van der Waals surface area (Å²) >= 11 is 0.